The molecule has 1 aliphatic carbocycles. The summed E-state index contributed by atoms with van der Waals surface area (Å²) in [5.41, 5.74) is 1.40. The van der Waals surface area contributed by atoms with Crippen LogP contribution >= 0.6 is 0 Å². The number of hydrogen-bond acceptors (Lipinski definition) is 3. The number of hydrogen-bond donors (Lipinski definition) is 2. The van der Waals surface area contributed by atoms with Gasteiger partial charge in [-0.15, -0.1) is 0 Å². The number of benzene rings is 1. The van der Waals surface area contributed by atoms with E-state index in [0.717, 1.165) is 11.6 Å². The summed E-state index contributed by atoms with van der Waals surface area (Å²) in [5.74, 6) is -1.47. The third-order valence-electron chi connectivity index (χ3n) is 3.13. The monoisotopic (exact) mass is 279 g/mol. The molecule has 1 atom stereocenters. The fourth-order valence-electron chi connectivity index (χ4n) is 2.04. The number of rotatable bonds is 3. The number of aliphatic carboxylic acids is 1. The predicted molar refractivity (Wildman–Crippen MR) is 71.7 cm³/mol. The zero-order chi connectivity index (χ0) is 14.1. The molecular weight excluding hydrogens is 266 g/mol. The van der Waals surface area contributed by atoms with Crippen molar-refractivity contribution in [2.24, 2.45) is 5.14 Å². The summed E-state index contributed by atoms with van der Waals surface area (Å²) in [5, 5.41) is 14.4. The molecule has 19 heavy (non-hydrogen) atoms. The van der Waals surface area contributed by atoms with Crippen molar-refractivity contribution in [1.82, 2.24) is 0 Å². The number of nitrogens with two attached hydrogens (primary N) is 1. The fraction of sp³-hybridized carbons (Fsp3) is 0.154. The first-order valence-corrected chi connectivity index (χ1v) is 7.11. The number of sulfonamides is 1. The summed E-state index contributed by atoms with van der Waals surface area (Å²) >= 11 is 0. The first kappa shape index (κ1) is 13.5. The highest BCUT2D eigenvalue weighted by Gasteiger charge is 2.48. The summed E-state index contributed by atoms with van der Waals surface area (Å²) in [4.78, 5) is 11.4. The zero-order valence-electron chi connectivity index (χ0n) is 9.98. The molecule has 1 aliphatic rings. The lowest BCUT2D eigenvalue weighted by Gasteiger charge is -2.27. The van der Waals surface area contributed by atoms with Gasteiger partial charge < -0.3 is 5.11 Å². The second-order valence-electron chi connectivity index (χ2n) is 4.33. The molecule has 3 N–H and O–H groups in total. The molecule has 2 rings (SSSR count). The van der Waals surface area contributed by atoms with Crippen molar-refractivity contribution in [1.29, 1.82) is 0 Å². The van der Waals surface area contributed by atoms with Crippen molar-refractivity contribution in [2.75, 3.05) is 0 Å². The van der Waals surface area contributed by atoms with Gasteiger partial charge in [0, 0.05) is 6.42 Å². The SMILES string of the molecule is NS(=O)(=O)C1(C(=O)O)C=CC=C(c2ccccc2)C1. The summed E-state index contributed by atoms with van der Waals surface area (Å²) in [6.07, 6.45) is 4.06. The number of primary sulfonamides is 1. The normalized spacial score (nSPS) is 22.9. The van der Waals surface area contributed by atoms with E-state index in [1.165, 1.54) is 6.08 Å². The highest BCUT2D eigenvalue weighted by Crippen LogP contribution is 2.34. The van der Waals surface area contributed by atoms with Crippen LogP contribution in [0.2, 0.25) is 0 Å². The molecule has 1 unspecified atom stereocenters. The van der Waals surface area contributed by atoms with Gasteiger partial charge in [0.25, 0.3) is 0 Å². The lowest BCUT2D eigenvalue weighted by atomic mass is 9.89. The van der Waals surface area contributed by atoms with E-state index >= 15 is 0 Å². The van der Waals surface area contributed by atoms with E-state index in [1.54, 1.807) is 30.3 Å². The van der Waals surface area contributed by atoms with Crippen molar-refractivity contribution in [2.45, 2.75) is 11.2 Å². The molecule has 100 valence electrons. The molecule has 0 radical (unpaired) electrons. The summed E-state index contributed by atoms with van der Waals surface area (Å²) < 4.78 is 21.2. The minimum absolute atomic E-state index is 0.179. The highest BCUT2D eigenvalue weighted by atomic mass is 32.2. The average molecular weight is 279 g/mol. The molecule has 0 aromatic heterocycles. The molecule has 0 amide bonds. The van der Waals surface area contributed by atoms with Gasteiger partial charge in [-0.05, 0) is 11.1 Å². The Bertz CT molecular complexity index is 661. The molecular formula is C13H13NO4S. The Morgan fingerprint density at radius 1 is 1.26 bits per heavy atom. The van der Waals surface area contributed by atoms with Crippen LogP contribution in [0.3, 0.4) is 0 Å². The number of carboxylic acid groups (broad SMARTS) is 1. The molecule has 0 saturated heterocycles. The lowest BCUT2D eigenvalue weighted by Crippen LogP contribution is -2.49. The molecule has 0 spiro atoms. The Kier molecular flexibility index (Phi) is 3.30. The Hall–Kier alpha value is -1.92. The Labute approximate surface area is 111 Å². The van der Waals surface area contributed by atoms with Crippen LogP contribution < -0.4 is 5.14 Å². The molecule has 0 bridgehead atoms. The van der Waals surface area contributed by atoms with Crippen LogP contribution in [0.15, 0.2) is 48.6 Å². The van der Waals surface area contributed by atoms with Crippen LogP contribution in [0.5, 0.6) is 0 Å². The number of allylic oxidation sites excluding steroid dienone is 3. The van der Waals surface area contributed by atoms with Gasteiger partial charge >= 0.3 is 5.97 Å². The van der Waals surface area contributed by atoms with Gasteiger partial charge in [-0.1, -0.05) is 48.6 Å². The molecule has 0 heterocycles. The van der Waals surface area contributed by atoms with Crippen molar-refractivity contribution < 1.29 is 18.3 Å². The van der Waals surface area contributed by atoms with E-state index in [-0.39, 0.29) is 6.42 Å². The quantitative estimate of drug-likeness (QED) is 0.867. The Morgan fingerprint density at radius 3 is 2.42 bits per heavy atom. The van der Waals surface area contributed by atoms with Crippen molar-refractivity contribution in [3.8, 4) is 0 Å². The summed E-state index contributed by atoms with van der Waals surface area (Å²) in [6.45, 7) is 0. The van der Waals surface area contributed by atoms with Crippen LogP contribution in [0.1, 0.15) is 12.0 Å². The van der Waals surface area contributed by atoms with Gasteiger partial charge in [0.05, 0.1) is 0 Å². The first-order valence-electron chi connectivity index (χ1n) is 5.56. The van der Waals surface area contributed by atoms with Gasteiger partial charge in [0.2, 0.25) is 14.8 Å². The van der Waals surface area contributed by atoms with Gasteiger partial charge in [0.1, 0.15) is 0 Å². The maximum absolute atomic E-state index is 11.6. The Morgan fingerprint density at radius 2 is 1.89 bits per heavy atom. The molecule has 0 aliphatic heterocycles. The second-order valence-corrected chi connectivity index (χ2v) is 6.15. The maximum atomic E-state index is 11.6. The van der Waals surface area contributed by atoms with E-state index < -0.39 is 20.7 Å². The Balaban J connectivity index is 2.49. The third kappa shape index (κ3) is 2.32. The maximum Gasteiger partial charge on any atom is 0.330 e. The van der Waals surface area contributed by atoms with Crippen molar-refractivity contribution in [3.63, 3.8) is 0 Å². The van der Waals surface area contributed by atoms with Crippen LogP contribution in [-0.2, 0) is 14.8 Å². The van der Waals surface area contributed by atoms with Crippen LogP contribution in [0.25, 0.3) is 5.57 Å². The minimum Gasteiger partial charge on any atom is -0.480 e. The molecule has 0 saturated carbocycles. The predicted octanol–water partition coefficient (Wildman–Crippen LogP) is 1.14. The van der Waals surface area contributed by atoms with Crippen molar-refractivity contribution >= 4 is 21.6 Å². The van der Waals surface area contributed by atoms with Gasteiger partial charge in [-0.25, -0.2) is 13.6 Å². The van der Waals surface area contributed by atoms with E-state index in [9.17, 15) is 18.3 Å². The van der Waals surface area contributed by atoms with Crippen molar-refractivity contribution in [3.05, 3.63) is 54.1 Å². The standard InChI is InChI=1S/C13H13NO4S/c14-19(17,18)13(12(15)16)8-4-7-11(9-13)10-5-2-1-3-6-10/h1-8H,9H2,(H,15,16)(H2,14,17,18). The second kappa shape index (κ2) is 4.64. The van der Waals surface area contributed by atoms with E-state index in [0.29, 0.717) is 5.57 Å². The van der Waals surface area contributed by atoms with Gasteiger partial charge in [-0.3, -0.25) is 4.79 Å². The van der Waals surface area contributed by atoms with E-state index in [1.807, 2.05) is 6.07 Å². The largest absolute Gasteiger partial charge is 0.480 e. The molecule has 5 nitrogen and oxygen atoms in total. The highest BCUT2D eigenvalue weighted by molar-refractivity contribution is 7.91. The van der Waals surface area contributed by atoms with E-state index in [4.69, 9.17) is 5.14 Å². The zero-order valence-corrected chi connectivity index (χ0v) is 10.8. The van der Waals surface area contributed by atoms with Gasteiger partial charge in [0.15, 0.2) is 0 Å². The summed E-state index contributed by atoms with van der Waals surface area (Å²) in [7, 11) is -4.25. The molecule has 1 aromatic rings. The summed E-state index contributed by atoms with van der Waals surface area (Å²) in [6, 6.07) is 9.01. The molecule has 6 heteroatoms. The van der Waals surface area contributed by atoms with Crippen LogP contribution in [0.4, 0.5) is 0 Å². The van der Waals surface area contributed by atoms with Gasteiger partial charge in [-0.2, -0.15) is 0 Å². The fourth-order valence-corrected chi connectivity index (χ4v) is 2.90. The van der Waals surface area contributed by atoms with Crippen LogP contribution in [-0.4, -0.2) is 24.2 Å². The minimum atomic E-state index is -4.25. The topological polar surface area (TPSA) is 97.5 Å². The average Bonchev–Trinajstić information content (AvgIpc) is 2.38. The third-order valence-corrected chi connectivity index (χ3v) is 4.60. The molecule has 0 fully saturated rings. The number of carbonyl (C=O) groups is 1. The number of carboxylic acids is 1. The smallest absolute Gasteiger partial charge is 0.330 e. The van der Waals surface area contributed by atoms with E-state index in [2.05, 4.69) is 0 Å². The molecule has 1 aromatic carbocycles. The first-order chi connectivity index (χ1) is 8.87. The lowest BCUT2D eigenvalue weighted by molar-refractivity contribution is -0.138. The van der Waals surface area contributed by atoms with Crippen LogP contribution in [0, 0.1) is 0 Å².